The van der Waals surface area contributed by atoms with Crippen molar-refractivity contribution in [3.05, 3.63) is 30.1 Å². The molecule has 0 saturated heterocycles. The van der Waals surface area contributed by atoms with Crippen LogP contribution < -0.4 is 29.6 Å². The van der Waals surface area contributed by atoms with Crippen molar-refractivity contribution in [3.63, 3.8) is 0 Å². The van der Waals surface area contributed by atoms with Gasteiger partial charge in [0.1, 0.15) is 11.6 Å². The molecule has 1 aromatic rings. The molecule has 0 amide bonds. The van der Waals surface area contributed by atoms with Crippen molar-refractivity contribution >= 4 is 0 Å². The molecule has 0 heterocycles. The van der Waals surface area contributed by atoms with E-state index in [1.807, 2.05) is 0 Å². The normalized spacial score (nSPS) is 8.11. The van der Waals surface area contributed by atoms with E-state index in [2.05, 4.69) is 0 Å². The summed E-state index contributed by atoms with van der Waals surface area (Å²) in [5.74, 6) is -0.449. The summed E-state index contributed by atoms with van der Waals surface area (Å²) in [6.45, 7) is 0. The van der Waals surface area contributed by atoms with Gasteiger partial charge in [-0.3, -0.25) is 0 Å². The molecule has 1 aromatic carbocycles. The fourth-order valence-electron chi connectivity index (χ4n) is 0.476. The first-order valence-corrected chi connectivity index (χ1v) is 2.23. The van der Waals surface area contributed by atoms with Crippen molar-refractivity contribution < 1.29 is 40.5 Å². The van der Waals surface area contributed by atoms with Gasteiger partial charge in [-0.15, -0.1) is 0 Å². The number of halogens is 1. The summed E-state index contributed by atoms with van der Waals surface area (Å²) in [5, 5.41) is 8.57. The number of phenols is 1. The molecule has 44 valence electrons. The molecule has 9 heavy (non-hydrogen) atoms. The summed E-state index contributed by atoms with van der Waals surface area (Å²) >= 11 is 0. The van der Waals surface area contributed by atoms with Crippen molar-refractivity contribution in [1.82, 2.24) is 0 Å². The molecule has 0 unspecified atom stereocenters. The first-order valence-electron chi connectivity index (χ1n) is 2.23. The first kappa shape index (κ1) is 8.95. The summed E-state index contributed by atoms with van der Waals surface area (Å²) in [6.07, 6.45) is 0. The van der Waals surface area contributed by atoms with E-state index in [9.17, 15) is 4.39 Å². The Hall–Kier alpha value is -0.0500. The fraction of sp³-hybridized carbons (Fsp3) is 0. The minimum absolute atomic E-state index is 0. The standard InChI is InChI=1S/C6H5FO.Na.H/c7-5-2-1-3-6(8)4-5;;/h1-4,8H;;/q;+1;-1. The third kappa shape index (κ3) is 2.84. The van der Waals surface area contributed by atoms with Crippen LogP contribution in [0.15, 0.2) is 24.3 Å². The van der Waals surface area contributed by atoms with E-state index in [1.54, 1.807) is 0 Å². The monoisotopic (exact) mass is 136 g/mol. The van der Waals surface area contributed by atoms with Crippen LogP contribution in [0.3, 0.4) is 0 Å². The van der Waals surface area contributed by atoms with Gasteiger partial charge in [0, 0.05) is 6.07 Å². The number of hydrogen-bond acceptors (Lipinski definition) is 1. The van der Waals surface area contributed by atoms with Crippen LogP contribution in [-0.2, 0) is 0 Å². The van der Waals surface area contributed by atoms with Crippen LogP contribution in [0, 0.1) is 5.82 Å². The summed E-state index contributed by atoms with van der Waals surface area (Å²) in [5.41, 5.74) is 0. The number of phenolic OH excluding ortho intramolecular Hbond substituents is 1. The van der Waals surface area contributed by atoms with Gasteiger partial charge >= 0.3 is 29.6 Å². The summed E-state index contributed by atoms with van der Waals surface area (Å²) in [4.78, 5) is 0. The van der Waals surface area contributed by atoms with Gasteiger partial charge in [0.05, 0.1) is 0 Å². The molecule has 0 atom stereocenters. The molecule has 0 spiro atoms. The molecule has 3 heteroatoms. The fourth-order valence-corrected chi connectivity index (χ4v) is 0.476. The van der Waals surface area contributed by atoms with Crippen LogP contribution in [0.4, 0.5) is 4.39 Å². The number of aromatic hydroxyl groups is 1. The second-order valence-electron chi connectivity index (χ2n) is 1.48. The number of benzene rings is 1. The van der Waals surface area contributed by atoms with Gasteiger partial charge in [0.25, 0.3) is 0 Å². The predicted octanol–water partition coefficient (Wildman–Crippen LogP) is -1.35. The van der Waals surface area contributed by atoms with Gasteiger partial charge in [-0.25, -0.2) is 4.39 Å². The topological polar surface area (TPSA) is 20.2 Å². The Morgan fingerprint density at radius 3 is 2.44 bits per heavy atom. The third-order valence-corrected chi connectivity index (χ3v) is 0.808. The van der Waals surface area contributed by atoms with E-state index < -0.39 is 5.82 Å². The molecule has 0 aliphatic carbocycles. The SMILES string of the molecule is Oc1cccc(F)c1.[H-].[Na+]. The maximum atomic E-state index is 12.0. The molecular weight excluding hydrogens is 130 g/mol. The van der Waals surface area contributed by atoms with Crippen molar-refractivity contribution in [2.24, 2.45) is 0 Å². The molecular formula is C6H6FNaO. The molecule has 1 N–H and O–H groups in total. The van der Waals surface area contributed by atoms with Crippen LogP contribution in [0.25, 0.3) is 0 Å². The second-order valence-corrected chi connectivity index (χ2v) is 1.48. The van der Waals surface area contributed by atoms with E-state index >= 15 is 0 Å². The third-order valence-electron chi connectivity index (χ3n) is 0.808. The van der Waals surface area contributed by atoms with Crippen LogP contribution in [-0.4, -0.2) is 5.11 Å². The molecule has 0 bridgehead atoms. The average molecular weight is 136 g/mol. The second kappa shape index (κ2) is 3.88. The number of rotatable bonds is 0. The Balaban J connectivity index is 0. The van der Waals surface area contributed by atoms with Gasteiger partial charge in [0.15, 0.2) is 0 Å². The smallest absolute Gasteiger partial charge is 1.00 e. The van der Waals surface area contributed by atoms with Crippen LogP contribution in [0.5, 0.6) is 5.75 Å². The molecule has 1 rings (SSSR count). The summed E-state index contributed by atoms with van der Waals surface area (Å²) in [7, 11) is 0. The van der Waals surface area contributed by atoms with Gasteiger partial charge in [-0.1, -0.05) is 6.07 Å². The van der Waals surface area contributed by atoms with E-state index in [0.29, 0.717) is 0 Å². The summed E-state index contributed by atoms with van der Waals surface area (Å²) < 4.78 is 12.0. The average Bonchev–Trinajstić information content (AvgIpc) is 1.64. The zero-order valence-corrected chi connectivity index (χ0v) is 7.13. The van der Waals surface area contributed by atoms with Crippen molar-refractivity contribution in [2.75, 3.05) is 0 Å². The first-order chi connectivity index (χ1) is 3.79. The van der Waals surface area contributed by atoms with Crippen LogP contribution >= 0.6 is 0 Å². The zero-order chi connectivity index (χ0) is 5.98. The van der Waals surface area contributed by atoms with Gasteiger partial charge in [0.2, 0.25) is 0 Å². The Labute approximate surface area is 76.3 Å². The van der Waals surface area contributed by atoms with E-state index in [-0.39, 0.29) is 36.7 Å². The Morgan fingerprint density at radius 1 is 1.44 bits per heavy atom. The van der Waals surface area contributed by atoms with Crippen LogP contribution in [0.2, 0.25) is 0 Å². The van der Waals surface area contributed by atoms with Crippen molar-refractivity contribution in [2.45, 2.75) is 0 Å². The molecule has 0 fully saturated rings. The zero-order valence-electron chi connectivity index (χ0n) is 6.13. The Kier molecular flexibility index (Phi) is 3.86. The Bertz CT molecular complexity index is 178. The molecule has 0 aliphatic rings. The van der Waals surface area contributed by atoms with Crippen molar-refractivity contribution in [3.8, 4) is 5.75 Å². The van der Waals surface area contributed by atoms with E-state index in [4.69, 9.17) is 5.11 Å². The van der Waals surface area contributed by atoms with Gasteiger partial charge in [-0.05, 0) is 12.1 Å². The number of hydrogen-bond donors (Lipinski definition) is 1. The minimum Gasteiger partial charge on any atom is -1.00 e. The predicted molar refractivity (Wildman–Crippen MR) is 29.2 cm³/mol. The molecule has 0 aliphatic heterocycles. The van der Waals surface area contributed by atoms with Crippen molar-refractivity contribution in [1.29, 1.82) is 0 Å². The molecule has 0 radical (unpaired) electrons. The van der Waals surface area contributed by atoms with E-state index in [0.717, 1.165) is 6.07 Å². The largest absolute Gasteiger partial charge is 1.00 e. The van der Waals surface area contributed by atoms with Gasteiger partial charge in [-0.2, -0.15) is 0 Å². The van der Waals surface area contributed by atoms with E-state index in [1.165, 1.54) is 18.2 Å². The molecule has 1 nitrogen and oxygen atoms in total. The Morgan fingerprint density at radius 2 is 2.11 bits per heavy atom. The maximum absolute atomic E-state index is 12.0. The quantitative estimate of drug-likeness (QED) is 0.437. The minimum atomic E-state index is -0.412. The van der Waals surface area contributed by atoms with Gasteiger partial charge < -0.3 is 6.53 Å². The summed E-state index contributed by atoms with van der Waals surface area (Å²) in [6, 6.07) is 5.20. The van der Waals surface area contributed by atoms with Crippen LogP contribution in [0.1, 0.15) is 1.43 Å². The molecule has 0 saturated carbocycles. The molecule has 0 aromatic heterocycles. The maximum Gasteiger partial charge on any atom is 1.00 e.